The average molecular weight is 292 g/mol. The molecule has 1 rings (SSSR count). The van der Waals surface area contributed by atoms with E-state index < -0.39 is 18.0 Å². The van der Waals surface area contributed by atoms with Gasteiger partial charge in [-0.2, -0.15) is 0 Å². The van der Waals surface area contributed by atoms with Gasteiger partial charge in [0, 0.05) is 0 Å². The summed E-state index contributed by atoms with van der Waals surface area (Å²) < 4.78 is 0. The highest BCUT2D eigenvalue weighted by Crippen LogP contribution is 2.16. The predicted octanol–water partition coefficient (Wildman–Crippen LogP) is 2.85. The topological polar surface area (TPSA) is 78.4 Å². The maximum atomic E-state index is 11.9. The van der Waals surface area contributed by atoms with Crippen LogP contribution in [0.2, 0.25) is 0 Å². The summed E-state index contributed by atoms with van der Waals surface area (Å²) in [7, 11) is 0. The van der Waals surface area contributed by atoms with Crippen LogP contribution in [0, 0.1) is 12.8 Å². The normalized spacial score (nSPS) is 13.6. The second kappa shape index (κ2) is 7.67. The summed E-state index contributed by atoms with van der Waals surface area (Å²) in [5, 5.41) is 14.4. The number of amides is 2. The summed E-state index contributed by atoms with van der Waals surface area (Å²) in [4.78, 5) is 23.1. The van der Waals surface area contributed by atoms with Gasteiger partial charge < -0.3 is 15.7 Å². The minimum Gasteiger partial charge on any atom is -0.480 e. The van der Waals surface area contributed by atoms with Crippen molar-refractivity contribution in [1.29, 1.82) is 0 Å². The van der Waals surface area contributed by atoms with Crippen LogP contribution in [0.5, 0.6) is 0 Å². The van der Waals surface area contributed by atoms with E-state index in [0.29, 0.717) is 6.42 Å². The summed E-state index contributed by atoms with van der Waals surface area (Å²) in [5.74, 6) is -0.817. The first-order valence-corrected chi connectivity index (χ1v) is 7.16. The van der Waals surface area contributed by atoms with Crippen molar-refractivity contribution in [2.45, 2.75) is 46.2 Å². The maximum Gasteiger partial charge on any atom is 0.326 e. The molecule has 0 saturated carbocycles. The highest BCUT2D eigenvalue weighted by Gasteiger charge is 2.22. The van der Waals surface area contributed by atoms with Gasteiger partial charge in [-0.25, -0.2) is 9.59 Å². The molecule has 0 saturated heterocycles. The molecular weight excluding hydrogens is 268 g/mol. The van der Waals surface area contributed by atoms with E-state index in [2.05, 4.69) is 10.6 Å². The van der Waals surface area contributed by atoms with Crippen LogP contribution in [0.15, 0.2) is 24.3 Å². The van der Waals surface area contributed by atoms with Crippen molar-refractivity contribution in [2.24, 2.45) is 5.92 Å². The van der Waals surface area contributed by atoms with Crippen molar-refractivity contribution in [3.63, 3.8) is 0 Å². The number of carbonyl (C=O) groups excluding carboxylic acids is 1. The van der Waals surface area contributed by atoms with E-state index in [1.54, 1.807) is 0 Å². The highest BCUT2D eigenvalue weighted by molar-refractivity contribution is 5.82. The molecule has 1 unspecified atom stereocenters. The van der Waals surface area contributed by atoms with Gasteiger partial charge in [0.15, 0.2) is 0 Å². The lowest BCUT2D eigenvalue weighted by Gasteiger charge is -2.20. The maximum absolute atomic E-state index is 11.9. The van der Waals surface area contributed by atoms with Gasteiger partial charge in [-0.05, 0) is 37.3 Å². The molecular formula is C16H24N2O3. The number of aliphatic carboxylic acids is 1. The third-order valence-corrected chi connectivity index (χ3v) is 3.31. The molecule has 2 amide bonds. The summed E-state index contributed by atoms with van der Waals surface area (Å²) >= 11 is 0. The highest BCUT2D eigenvalue weighted by atomic mass is 16.4. The molecule has 0 aliphatic carbocycles. The molecule has 0 fully saturated rings. The molecule has 0 aliphatic rings. The molecule has 1 aromatic carbocycles. The zero-order valence-electron chi connectivity index (χ0n) is 13.0. The van der Waals surface area contributed by atoms with Gasteiger partial charge in [-0.3, -0.25) is 0 Å². The van der Waals surface area contributed by atoms with E-state index in [1.807, 2.05) is 52.0 Å². The zero-order valence-corrected chi connectivity index (χ0v) is 13.0. The zero-order chi connectivity index (χ0) is 16.0. The molecule has 21 heavy (non-hydrogen) atoms. The second-order valence-electron chi connectivity index (χ2n) is 5.72. The molecule has 0 bridgehead atoms. The molecule has 116 valence electrons. The van der Waals surface area contributed by atoms with Crippen LogP contribution in [0.25, 0.3) is 0 Å². The molecule has 0 radical (unpaired) electrons. The van der Waals surface area contributed by atoms with Crippen molar-refractivity contribution < 1.29 is 14.7 Å². The van der Waals surface area contributed by atoms with Crippen LogP contribution < -0.4 is 10.6 Å². The Morgan fingerprint density at radius 1 is 1.14 bits per heavy atom. The lowest BCUT2D eigenvalue weighted by molar-refractivity contribution is -0.139. The summed E-state index contributed by atoms with van der Waals surface area (Å²) in [5.41, 5.74) is 2.10. The summed E-state index contributed by atoms with van der Waals surface area (Å²) in [6, 6.07) is 6.27. The fraction of sp³-hybridized carbons (Fsp3) is 0.500. The predicted molar refractivity (Wildman–Crippen MR) is 82.1 cm³/mol. The number of aryl methyl sites for hydroxylation is 1. The van der Waals surface area contributed by atoms with Gasteiger partial charge in [0.1, 0.15) is 6.04 Å². The third kappa shape index (κ3) is 5.45. The number of carboxylic acids is 1. The van der Waals surface area contributed by atoms with E-state index in [1.165, 1.54) is 0 Å². The number of urea groups is 1. The number of rotatable bonds is 6. The number of benzene rings is 1. The van der Waals surface area contributed by atoms with Gasteiger partial charge in [-0.15, -0.1) is 0 Å². The quantitative estimate of drug-likeness (QED) is 0.754. The monoisotopic (exact) mass is 292 g/mol. The molecule has 2 atom stereocenters. The lowest BCUT2D eigenvalue weighted by atomic mass is 10.0. The van der Waals surface area contributed by atoms with Crippen LogP contribution >= 0.6 is 0 Å². The third-order valence-electron chi connectivity index (χ3n) is 3.31. The fourth-order valence-electron chi connectivity index (χ4n) is 2.24. The number of carbonyl (C=O) groups is 2. The van der Waals surface area contributed by atoms with Crippen LogP contribution in [-0.4, -0.2) is 23.1 Å². The van der Waals surface area contributed by atoms with Crippen molar-refractivity contribution >= 4 is 12.0 Å². The van der Waals surface area contributed by atoms with E-state index in [0.717, 1.165) is 11.1 Å². The van der Waals surface area contributed by atoms with Gasteiger partial charge in [0.2, 0.25) is 0 Å². The van der Waals surface area contributed by atoms with Crippen molar-refractivity contribution in [2.75, 3.05) is 0 Å². The van der Waals surface area contributed by atoms with Gasteiger partial charge in [0.25, 0.3) is 0 Å². The van der Waals surface area contributed by atoms with Gasteiger partial charge >= 0.3 is 12.0 Å². The Hall–Kier alpha value is -2.04. The Morgan fingerprint density at radius 3 is 2.29 bits per heavy atom. The average Bonchev–Trinajstić information content (AvgIpc) is 2.37. The molecule has 0 spiro atoms. The summed E-state index contributed by atoms with van der Waals surface area (Å²) in [6.45, 7) is 7.70. The lowest BCUT2D eigenvalue weighted by Crippen LogP contribution is -2.47. The second-order valence-corrected chi connectivity index (χ2v) is 5.72. The van der Waals surface area contributed by atoms with Gasteiger partial charge in [0.05, 0.1) is 6.04 Å². The number of carboxylic acid groups (broad SMARTS) is 1. The van der Waals surface area contributed by atoms with E-state index in [4.69, 9.17) is 5.11 Å². The molecule has 0 aromatic heterocycles. The van der Waals surface area contributed by atoms with Crippen LogP contribution in [0.3, 0.4) is 0 Å². The molecule has 5 nitrogen and oxygen atoms in total. The number of nitrogens with one attached hydrogen (secondary N) is 2. The Kier molecular flexibility index (Phi) is 6.21. The Balaban J connectivity index is 2.64. The minimum atomic E-state index is -1.01. The molecule has 0 aliphatic heterocycles. The van der Waals surface area contributed by atoms with Crippen LogP contribution in [0.1, 0.15) is 44.4 Å². The smallest absolute Gasteiger partial charge is 0.326 e. The first-order valence-electron chi connectivity index (χ1n) is 7.16. The first kappa shape index (κ1) is 17.0. The minimum absolute atomic E-state index is 0.181. The van der Waals surface area contributed by atoms with Crippen LogP contribution in [-0.2, 0) is 4.79 Å². The van der Waals surface area contributed by atoms with E-state index in [9.17, 15) is 9.59 Å². The molecule has 3 N–H and O–H groups in total. The summed E-state index contributed by atoms with van der Waals surface area (Å²) in [6.07, 6.45) is 0.404. The Morgan fingerprint density at radius 2 is 1.76 bits per heavy atom. The van der Waals surface area contributed by atoms with Crippen molar-refractivity contribution in [3.05, 3.63) is 35.4 Å². The van der Waals surface area contributed by atoms with E-state index in [-0.39, 0.29) is 12.0 Å². The standard InChI is InChI=1S/C16H24N2O3/c1-10(2)9-14(15(19)20)18-16(21)17-12(4)13-8-6-5-7-11(13)3/h5-8,10,12,14H,9H2,1-4H3,(H,19,20)(H2,17,18,21)/t12?,14-/m1/s1. The molecule has 0 heterocycles. The van der Waals surface area contributed by atoms with Crippen molar-refractivity contribution in [1.82, 2.24) is 10.6 Å². The molecule has 5 heteroatoms. The fourth-order valence-corrected chi connectivity index (χ4v) is 2.24. The SMILES string of the molecule is Cc1ccccc1C(C)NC(=O)N[C@H](CC(C)C)C(=O)O. The van der Waals surface area contributed by atoms with Crippen molar-refractivity contribution in [3.8, 4) is 0 Å². The molecule has 1 aromatic rings. The first-order chi connectivity index (χ1) is 9.81. The van der Waals surface area contributed by atoms with E-state index >= 15 is 0 Å². The van der Waals surface area contributed by atoms with Gasteiger partial charge in [-0.1, -0.05) is 38.1 Å². The Labute approximate surface area is 125 Å². The number of hydrogen-bond acceptors (Lipinski definition) is 2. The van der Waals surface area contributed by atoms with Crippen LogP contribution in [0.4, 0.5) is 4.79 Å². The number of hydrogen-bond donors (Lipinski definition) is 3. The largest absolute Gasteiger partial charge is 0.480 e. The Bertz CT molecular complexity index is 500.